The van der Waals surface area contributed by atoms with Crippen LogP contribution in [0.5, 0.6) is 0 Å². The number of aromatic nitrogens is 1. The summed E-state index contributed by atoms with van der Waals surface area (Å²) in [4.78, 5) is 32.3. The van der Waals surface area contributed by atoms with E-state index in [1.165, 1.54) is 17.0 Å². The van der Waals surface area contributed by atoms with Crippen molar-refractivity contribution in [1.82, 2.24) is 9.88 Å². The second-order valence-corrected chi connectivity index (χ2v) is 8.98. The maximum Gasteiger partial charge on any atom is 0.416 e. The van der Waals surface area contributed by atoms with Gasteiger partial charge in [-0.05, 0) is 44.5 Å². The Balaban J connectivity index is 1.90. The molecular formula is C22H22ClF4N3O3. The molecule has 0 radical (unpaired) electrons. The minimum absolute atomic E-state index is 0.0311. The zero-order valence-electron chi connectivity index (χ0n) is 18.1. The number of rotatable bonds is 5. The molecule has 0 N–H and O–H groups in total. The van der Waals surface area contributed by atoms with E-state index < -0.39 is 47.6 Å². The van der Waals surface area contributed by atoms with Crippen molar-refractivity contribution < 1.29 is 31.9 Å². The van der Waals surface area contributed by atoms with Crippen molar-refractivity contribution in [3.8, 4) is 0 Å². The fourth-order valence-corrected chi connectivity index (χ4v) is 3.41. The molecule has 1 aromatic heterocycles. The highest BCUT2D eigenvalue weighted by Gasteiger charge is 2.42. The number of carbonyl (C=O) groups excluding carboxylic acids is 2. The molecule has 1 fully saturated rings. The predicted molar refractivity (Wildman–Crippen MR) is 113 cm³/mol. The number of hydrogen-bond acceptors (Lipinski definition) is 4. The quantitative estimate of drug-likeness (QED) is 0.585. The van der Waals surface area contributed by atoms with Crippen LogP contribution < -0.4 is 4.90 Å². The number of ether oxygens (including phenoxy) is 1. The molecule has 1 atom stereocenters. The number of benzene rings is 1. The van der Waals surface area contributed by atoms with Gasteiger partial charge in [0, 0.05) is 12.7 Å². The van der Waals surface area contributed by atoms with Gasteiger partial charge in [-0.1, -0.05) is 23.7 Å². The lowest BCUT2D eigenvalue weighted by molar-refractivity contribution is -0.148. The molecule has 33 heavy (non-hydrogen) atoms. The molecule has 0 spiro atoms. The lowest BCUT2D eigenvalue weighted by Crippen LogP contribution is -2.62. The highest BCUT2D eigenvalue weighted by molar-refractivity contribution is 6.30. The third-order valence-electron chi connectivity index (χ3n) is 4.89. The van der Waals surface area contributed by atoms with Crippen molar-refractivity contribution in [3.05, 3.63) is 58.5 Å². The summed E-state index contributed by atoms with van der Waals surface area (Å²) in [6.07, 6.45) is -3.33. The van der Waals surface area contributed by atoms with Crippen LogP contribution in [0.1, 0.15) is 31.9 Å². The molecule has 11 heteroatoms. The summed E-state index contributed by atoms with van der Waals surface area (Å²) >= 11 is 5.73. The van der Waals surface area contributed by atoms with Crippen LogP contribution in [0.25, 0.3) is 0 Å². The summed E-state index contributed by atoms with van der Waals surface area (Å²) in [5, 5.41) is 0.0311. The van der Waals surface area contributed by atoms with E-state index in [0.29, 0.717) is 5.56 Å². The normalized spacial score (nSPS) is 17.6. The van der Waals surface area contributed by atoms with Crippen LogP contribution in [-0.2, 0) is 27.0 Å². The maximum absolute atomic E-state index is 14.4. The first-order chi connectivity index (χ1) is 15.3. The number of anilines is 1. The van der Waals surface area contributed by atoms with Crippen LogP contribution in [0.15, 0.2) is 36.5 Å². The number of pyridine rings is 1. The Hall–Kier alpha value is -2.72. The van der Waals surface area contributed by atoms with Crippen LogP contribution in [0.4, 0.5) is 23.4 Å². The fourth-order valence-electron chi connectivity index (χ4n) is 3.26. The summed E-state index contributed by atoms with van der Waals surface area (Å²) in [5.41, 5.74) is -1.07. The van der Waals surface area contributed by atoms with Crippen LogP contribution in [0.3, 0.4) is 0 Å². The molecule has 2 heterocycles. The van der Waals surface area contributed by atoms with Gasteiger partial charge in [-0.2, -0.15) is 13.2 Å². The number of halogens is 5. The highest BCUT2D eigenvalue weighted by atomic mass is 35.5. The van der Waals surface area contributed by atoms with E-state index >= 15 is 0 Å². The van der Waals surface area contributed by atoms with Crippen molar-refractivity contribution >= 4 is 29.2 Å². The molecule has 2 amide bonds. The molecule has 2 aromatic rings. The number of nitrogens with zero attached hydrogens (tertiary/aromatic N) is 3. The zero-order chi connectivity index (χ0) is 24.6. The Morgan fingerprint density at radius 1 is 1.15 bits per heavy atom. The van der Waals surface area contributed by atoms with Crippen molar-refractivity contribution in [3.63, 3.8) is 0 Å². The summed E-state index contributed by atoms with van der Waals surface area (Å²) in [6, 6.07) is 4.16. The molecule has 1 aliphatic rings. The molecule has 0 bridgehead atoms. The minimum Gasteiger partial charge on any atom is -0.373 e. The summed E-state index contributed by atoms with van der Waals surface area (Å²) in [5.74, 6) is -2.37. The Morgan fingerprint density at radius 2 is 1.79 bits per heavy atom. The summed E-state index contributed by atoms with van der Waals surface area (Å²) in [7, 11) is 0. The third kappa shape index (κ3) is 6.00. The first-order valence-electron chi connectivity index (χ1n) is 9.98. The standard InChI is InChI=1S/C22H22ClF4N3O3/c1-21(2,3)33-12-17-20(32)30(19-16(24)8-15(23)9-28-19)11-18(31)29(17)10-13-4-6-14(7-5-13)22(25,26)27/h4-9,17H,10-12H2,1-3H3. The first-order valence-corrected chi connectivity index (χ1v) is 10.4. The number of alkyl halides is 3. The Bertz CT molecular complexity index is 1040. The van der Waals surface area contributed by atoms with Crippen molar-refractivity contribution in [1.29, 1.82) is 0 Å². The number of hydrogen-bond donors (Lipinski definition) is 0. The molecule has 0 aliphatic carbocycles. The van der Waals surface area contributed by atoms with Crippen LogP contribution in [-0.4, -0.2) is 46.5 Å². The van der Waals surface area contributed by atoms with Gasteiger partial charge < -0.3 is 9.64 Å². The molecule has 1 aromatic carbocycles. The zero-order valence-corrected chi connectivity index (χ0v) is 18.9. The van der Waals surface area contributed by atoms with Gasteiger partial charge in [-0.25, -0.2) is 9.37 Å². The molecule has 0 saturated carbocycles. The molecule has 1 aliphatic heterocycles. The summed E-state index contributed by atoms with van der Waals surface area (Å²) in [6.45, 7) is 4.49. The molecule has 6 nitrogen and oxygen atoms in total. The van der Waals surface area contributed by atoms with Crippen LogP contribution >= 0.6 is 11.6 Å². The summed E-state index contributed by atoms with van der Waals surface area (Å²) < 4.78 is 58.7. The SMILES string of the molecule is CC(C)(C)OCC1C(=O)N(c2ncc(Cl)cc2F)CC(=O)N1Cc1ccc(C(F)(F)F)cc1. The van der Waals surface area contributed by atoms with E-state index in [2.05, 4.69) is 4.98 Å². The van der Waals surface area contributed by atoms with E-state index in [1.807, 2.05) is 0 Å². The van der Waals surface area contributed by atoms with Crippen LogP contribution in [0.2, 0.25) is 5.02 Å². The lowest BCUT2D eigenvalue weighted by atomic mass is 10.1. The Morgan fingerprint density at radius 3 is 2.33 bits per heavy atom. The average Bonchev–Trinajstić information content (AvgIpc) is 2.69. The second-order valence-electron chi connectivity index (χ2n) is 8.54. The van der Waals surface area contributed by atoms with E-state index in [0.717, 1.165) is 29.3 Å². The van der Waals surface area contributed by atoms with Gasteiger partial charge in [0.1, 0.15) is 12.6 Å². The fraction of sp³-hybridized carbons (Fsp3) is 0.409. The predicted octanol–water partition coefficient (Wildman–Crippen LogP) is 4.45. The van der Waals surface area contributed by atoms with Crippen molar-refractivity contribution in [2.24, 2.45) is 0 Å². The van der Waals surface area contributed by atoms with Gasteiger partial charge >= 0.3 is 6.18 Å². The first kappa shape index (κ1) is 24.9. The second kappa shape index (κ2) is 9.26. The highest BCUT2D eigenvalue weighted by Crippen LogP contribution is 2.30. The number of piperazine rings is 1. The lowest BCUT2D eigenvalue weighted by Gasteiger charge is -2.40. The molecule has 3 rings (SSSR count). The topological polar surface area (TPSA) is 62.7 Å². The van der Waals surface area contributed by atoms with Gasteiger partial charge in [0.05, 0.1) is 22.8 Å². The molecule has 1 saturated heterocycles. The van der Waals surface area contributed by atoms with Gasteiger partial charge in [-0.3, -0.25) is 14.5 Å². The molecular weight excluding hydrogens is 466 g/mol. The largest absolute Gasteiger partial charge is 0.416 e. The van der Waals surface area contributed by atoms with E-state index in [1.54, 1.807) is 20.8 Å². The Kier molecular flexibility index (Phi) is 6.99. The Labute approximate surface area is 193 Å². The van der Waals surface area contributed by atoms with E-state index in [-0.39, 0.29) is 24.0 Å². The van der Waals surface area contributed by atoms with Gasteiger partial charge in [0.2, 0.25) is 5.91 Å². The van der Waals surface area contributed by atoms with Crippen molar-refractivity contribution in [2.45, 2.75) is 45.1 Å². The number of amides is 2. The molecule has 1 unspecified atom stereocenters. The average molecular weight is 488 g/mol. The number of carbonyl (C=O) groups is 2. The van der Waals surface area contributed by atoms with Crippen LogP contribution in [0, 0.1) is 5.82 Å². The monoisotopic (exact) mass is 487 g/mol. The van der Waals surface area contributed by atoms with E-state index in [9.17, 15) is 27.2 Å². The van der Waals surface area contributed by atoms with Gasteiger partial charge in [0.15, 0.2) is 11.6 Å². The van der Waals surface area contributed by atoms with Gasteiger partial charge in [0.25, 0.3) is 5.91 Å². The van der Waals surface area contributed by atoms with Crippen molar-refractivity contribution in [2.75, 3.05) is 18.1 Å². The minimum atomic E-state index is -4.49. The smallest absolute Gasteiger partial charge is 0.373 e. The van der Waals surface area contributed by atoms with E-state index in [4.69, 9.17) is 16.3 Å². The maximum atomic E-state index is 14.4. The third-order valence-corrected chi connectivity index (χ3v) is 5.10. The van der Waals surface area contributed by atoms with Gasteiger partial charge in [-0.15, -0.1) is 0 Å². The molecule has 178 valence electrons.